The minimum absolute atomic E-state index is 0.0284. The highest BCUT2D eigenvalue weighted by molar-refractivity contribution is 5.77. The second kappa shape index (κ2) is 7.92. The first-order valence-corrected chi connectivity index (χ1v) is 7.25. The van der Waals surface area contributed by atoms with Gasteiger partial charge in [-0.2, -0.15) is 0 Å². The summed E-state index contributed by atoms with van der Waals surface area (Å²) in [5.74, 6) is 0.892. The average Bonchev–Trinajstić information content (AvgIpc) is 3.14. The van der Waals surface area contributed by atoms with Crippen LogP contribution in [-0.4, -0.2) is 43.5 Å². The van der Waals surface area contributed by atoms with Crippen molar-refractivity contribution in [2.45, 2.75) is 26.3 Å². The van der Waals surface area contributed by atoms with Gasteiger partial charge in [-0.15, -0.1) is 0 Å². The summed E-state index contributed by atoms with van der Waals surface area (Å²) in [6.45, 7) is 3.16. The van der Waals surface area contributed by atoms with Crippen molar-refractivity contribution >= 4 is 11.8 Å². The van der Waals surface area contributed by atoms with Gasteiger partial charge in [-0.1, -0.05) is 0 Å². The van der Waals surface area contributed by atoms with Crippen LogP contribution in [0.3, 0.4) is 0 Å². The number of rotatable bonds is 8. The molecule has 0 radical (unpaired) electrons. The van der Waals surface area contributed by atoms with Crippen LogP contribution in [0, 0.1) is 17.0 Å². The van der Waals surface area contributed by atoms with E-state index in [4.69, 9.17) is 5.73 Å². The smallest absolute Gasteiger partial charge is 0.342 e. The SMILES string of the molecule is Cc1ncc([N+](=O)[O-])n1CCNC(N)=NCCCc1cnc[nH]1. The summed E-state index contributed by atoms with van der Waals surface area (Å²) in [6, 6.07) is 0. The van der Waals surface area contributed by atoms with Gasteiger partial charge in [0.2, 0.25) is 0 Å². The number of hydrogen-bond donors (Lipinski definition) is 3. The molecule has 10 heteroatoms. The van der Waals surface area contributed by atoms with Crippen molar-refractivity contribution in [3.8, 4) is 0 Å². The molecule has 0 unspecified atom stereocenters. The van der Waals surface area contributed by atoms with E-state index >= 15 is 0 Å². The Bertz CT molecular complexity index is 662. The number of nitrogens with two attached hydrogens (primary N) is 1. The van der Waals surface area contributed by atoms with Crippen LogP contribution < -0.4 is 11.1 Å². The lowest BCUT2D eigenvalue weighted by atomic mass is 10.2. The van der Waals surface area contributed by atoms with Crippen molar-refractivity contribution in [3.63, 3.8) is 0 Å². The molecule has 0 aliphatic heterocycles. The number of imidazole rings is 2. The average molecular weight is 320 g/mol. The predicted molar refractivity (Wildman–Crippen MR) is 85.0 cm³/mol. The summed E-state index contributed by atoms with van der Waals surface area (Å²) in [7, 11) is 0. The third-order valence-electron chi connectivity index (χ3n) is 3.30. The fraction of sp³-hybridized carbons (Fsp3) is 0.462. The molecule has 0 aliphatic rings. The van der Waals surface area contributed by atoms with E-state index in [2.05, 4.69) is 25.3 Å². The third kappa shape index (κ3) is 4.80. The van der Waals surface area contributed by atoms with Crippen LogP contribution in [0.25, 0.3) is 0 Å². The van der Waals surface area contributed by atoms with Crippen LogP contribution in [0.5, 0.6) is 0 Å². The maximum atomic E-state index is 10.9. The Morgan fingerprint density at radius 1 is 1.57 bits per heavy atom. The lowest BCUT2D eigenvalue weighted by molar-refractivity contribution is -0.392. The van der Waals surface area contributed by atoms with Crippen LogP contribution in [0.2, 0.25) is 0 Å². The van der Waals surface area contributed by atoms with Gasteiger partial charge in [-0.05, 0) is 17.8 Å². The van der Waals surface area contributed by atoms with Gasteiger partial charge < -0.3 is 26.1 Å². The van der Waals surface area contributed by atoms with Crippen LogP contribution in [0.1, 0.15) is 17.9 Å². The van der Waals surface area contributed by atoms with Gasteiger partial charge in [0.25, 0.3) is 0 Å². The number of aromatic nitrogens is 4. The maximum absolute atomic E-state index is 10.9. The largest absolute Gasteiger partial charge is 0.370 e. The molecule has 0 fully saturated rings. The van der Waals surface area contributed by atoms with E-state index in [0.29, 0.717) is 31.4 Å². The van der Waals surface area contributed by atoms with Crippen LogP contribution in [0.4, 0.5) is 5.82 Å². The highest BCUT2D eigenvalue weighted by Crippen LogP contribution is 2.12. The molecule has 0 saturated carbocycles. The first-order valence-electron chi connectivity index (χ1n) is 7.25. The fourth-order valence-corrected chi connectivity index (χ4v) is 2.12. The fourth-order valence-electron chi connectivity index (χ4n) is 2.12. The van der Waals surface area contributed by atoms with Crippen molar-refractivity contribution in [2.24, 2.45) is 10.7 Å². The monoisotopic (exact) mass is 320 g/mol. The van der Waals surface area contributed by atoms with Gasteiger partial charge in [0.15, 0.2) is 11.8 Å². The highest BCUT2D eigenvalue weighted by Gasteiger charge is 2.16. The standard InChI is InChI=1S/C13H20N8O2/c1-10-18-8-12(21(22)23)20(10)6-5-17-13(14)16-4-2-3-11-7-15-9-19-11/h7-9H,2-6H2,1H3,(H,15,19)(H3,14,16,17). The highest BCUT2D eigenvalue weighted by atomic mass is 16.6. The summed E-state index contributed by atoms with van der Waals surface area (Å²) in [5, 5.41) is 13.8. The molecule has 2 aromatic heterocycles. The van der Waals surface area contributed by atoms with E-state index in [1.807, 2.05) is 0 Å². The van der Waals surface area contributed by atoms with E-state index < -0.39 is 4.92 Å². The van der Waals surface area contributed by atoms with Crippen molar-refractivity contribution in [3.05, 3.63) is 40.4 Å². The topological polar surface area (TPSA) is 140 Å². The van der Waals surface area contributed by atoms with Crippen molar-refractivity contribution < 1.29 is 4.92 Å². The Kier molecular flexibility index (Phi) is 5.67. The first kappa shape index (κ1) is 16.5. The number of hydrogen-bond acceptors (Lipinski definition) is 5. The Morgan fingerprint density at radius 3 is 3.09 bits per heavy atom. The number of nitrogens with zero attached hydrogens (tertiary/aromatic N) is 5. The van der Waals surface area contributed by atoms with E-state index in [1.165, 1.54) is 10.8 Å². The molecule has 10 nitrogen and oxygen atoms in total. The molecular formula is C13H20N8O2. The molecule has 4 N–H and O–H groups in total. The van der Waals surface area contributed by atoms with Crippen molar-refractivity contribution in [1.82, 2.24) is 24.8 Å². The first-order chi connectivity index (χ1) is 11.1. The quantitative estimate of drug-likeness (QED) is 0.211. The third-order valence-corrected chi connectivity index (χ3v) is 3.30. The molecular weight excluding hydrogens is 300 g/mol. The zero-order valence-electron chi connectivity index (χ0n) is 12.9. The summed E-state index contributed by atoms with van der Waals surface area (Å²) in [5.41, 5.74) is 6.83. The zero-order chi connectivity index (χ0) is 16.7. The predicted octanol–water partition coefficient (Wildman–Crippen LogP) is 0.360. The van der Waals surface area contributed by atoms with Gasteiger partial charge in [-0.3, -0.25) is 4.99 Å². The number of nitro groups is 1. The summed E-state index contributed by atoms with van der Waals surface area (Å²) < 4.78 is 1.53. The summed E-state index contributed by atoms with van der Waals surface area (Å²) >= 11 is 0. The van der Waals surface area contributed by atoms with Gasteiger partial charge in [0, 0.05) is 25.4 Å². The minimum atomic E-state index is -0.451. The lowest BCUT2D eigenvalue weighted by Gasteiger charge is -2.06. The van der Waals surface area contributed by atoms with Gasteiger partial charge in [0.1, 0.15) is 12.7 Å². The number of guanidine groups is 1. The number of aryl methyl sites for hydroxylation is 2. The molecule has 0 amide bonds. The summed E-state index contributed by atoms with van der Waals surface area (Å²) in [6.07, 6.45) is 6.40. The van der Waals surface area contributed by atoms with E-state index in [0.717, 1.165) is 18.5 Å². The second-order valence-corrected chi connectivity index (χ2v) is 4.95. The normalized spacial score (nSPS) is 11.6. The molecule has 0 aliphatic carbocycles. The number of aliphatic imine (C=N–C) groups is 1. The lowest BCUT2D eigenvalue weighted by Crippen LogP contribution is -2.34. The van der Waals surface area contributed by atoms with Gasteiger partial charge >= 0.3 is 5.82 Å². The number of aromatic amines is 1. The van der Waals surface area contributed by atoms with Crippen molar-refractivity contribution in [2.75, 3.05) is 13.1 Å². The van der Waals surface area contributed by atoms with Crippen molar-refractivity contribution in [1.29, 1.82) is 0 Å². The van der Waals surface area contributed by atoms with E-state index in [1.54, 1.807) is 19.4 Å². The van der Waals surface area contributed by atoms with E-state index in [9.17, 15) is 10.1 Å². The molecule has 0 spiro atoms. The molecule has 0 saturated heterocycles. The Morgan fingerprint density at radius 2 is 2.39 bits per heavy atom. The minimum Gasteiger partial charge on any atom is -0.370 e. The van der Waals surface area contributed by atoms with Gasteiger partial charge in [-0.25, -0.2) is 14.5 Å². The van der Waals surface area contributed by atoms with Crippen LogP contribution >= 0.6 is 0 Å². The van der Waals surface area contributed by atoms with Crippen LogP contribution in [0.15, 0.2) is 23.7 Å². The molecule has 2 aromatic rings. The second-order valence-electron chi connectivity index (χ2n) is 4.95. The molecule has 0 atom stereocenters. The summed E-state index contributed by atoms with van der Waals surface area (Å²) in [4.78, 5) is 25.5. The molecule has 2 heterocycles. The zero-order valence-corrected chi connectivity index (χ0v) is 12.9. The Labute approximate surface area is 133 Å². The Balaban J connectivity index is 1.72. The van der Waals surface area contributed by atoms with Crippen LogP contribution in [-0.2, 0) is 13.0 Å². The van der Waals surface area contributed by atoms with E-state index in [-0.39, 0.29) is 5.82 Å². The maximum Gasteiger partial charge on any atom is 0.342 e. The molecule has 124 valence electrons. The number of H-pyrrole nitrogens is 1. The molecule has 23 heavy (non-hydrogen) atoms. The number of nitrogens with one attached hydrogen (secondary N) is 2. The van der Waals surface area contributed by atoms with Gasteiger partial charge in [0.05, 0.1) is 12.9 Å². The molecule has 0 aromatic carbocycles. The molecule has 0 bridgehead atoms. The Hall–Kier alpha value is -2.91. The molecule has 2 rings (SSSR count).